The van der Waals surface area contributed by atoms with E-state index in [-0.39, 0.29) is 5.70 Å². The number of amides is 2. The van der Waals surface area contributed by atoms with E-state index in [2.05, 4.69) is 5.32 Å². The van der Waals surface area contributed by atoms with E-state index in [0.717, 1.165) is 0 Å². The van der Waals surface area contributed by atoms with Gasteiger partial charge < -0.3 is 19.5 Å². The third-order valence-corrected chi connectivity index (χ3v) is 5.96. The van der Waals surface area contributed by atoms with Crippen molar-refractivity contribution in [3.63, 3.8) is 0 Å². The lowest BCUT2D eigenvalue weighted by Gasteiger charge is -2.20. The molecule has 0 aliphatic carbocycles. The standard InChI is InChI=1S/C24H20N2O5S/c1-2-29-17-7-4-3-6-16(17)26-23(27)21(20-8-5-13-32-20)22(24(26)28)25-15-9-10-18-19(14-15)31-12-11-30-18/h3-10,13-14,25H,2,11-12H2,1H3. The first-order valence-corrected chi connectivity index (χ1v) is 11.1. The highest BCUT2D eigenvalue weighted by molar-refractivity contribution is 7.11. The van der Waals surface area contributed by atoms with Gasteiger partial charge in [0.1, 0.15) is 24.7 Å². The van der Waals surface area contributed by atoms with E-state index in [9.17, 15) is 9.59 Å². The summed E-state index contributed by atoms with van der Waals surface area (Å²) in [7, 11) is 0. The molecular weight excluding hydrogens is 428 g/mol. The van der Waals surface area contributed by atoms with Crippen molar-refractivity contribution in [1.29, 1.82) is 0 Å². The molecule has 2 aromatic carbocycles. The zero-order valence-corrected chi connectivity index (χ0v) is 18.1. The number of hydrogen-bond acceptors (Lipinski definition) is 7. The summed E-state index contributed by atoms with van der Waals surface area (Å²) in [5.41, 5.74) is 1.57. The lowest BCUT2D eigenvalue weighted by atomic mass is 10.1. The van der Waals surface area contributed by atoms with E-state index in [1.54, 1.807) is 36.4 Å². The van der Waals surface area contributed by atoms with Gasteiger partial charge in [-0.25, -0.2) is 4.90 Å². The SMILES string of the molecule is CCOc1ccccc1N1C(=O)C(Nc2ccc3c(c2)OCCO3)=C(c2cccs2)C1=O. The molecule has 8 heteroatoms. The summed E-state index contributed by atoms with van der Waals surface area (Å²) in [6.07, 6.45) is 0. The number of nitrogens with one attached hydrogen (secondary N) is 1. The summed E-state index contributed by atoms with van der Waals surface area (Å²) in [6, 6.07) is 16.1. The monoisotopic (exact) mass is 448 g/mol. The fourth-order valence-corrected chi connectivity index (χ4v) is 4.47. The average Bonchev–Trinajstić information content (AvgIpc) is 3.41. The number of hydrogen-bond donors (Lipinski definition) is 1. The van der Waals surface area contributed by atoms with Gasteiger partial charge in [-0.2, -0.15) is 0 Å². The molecule has 5 rings (SSSR count). The average molecular weight is 449 g/mol. The van der Waals surface area contributed by atoms with Gasteiger partial charge in [0.25, 0.3) is 11.8 Å². The van der Waals surface area contributed by atoms with Crippen molar-refractivity contribution in [3.05, 3.63) is 70.6 Å². The third-order valence-electron chi connectivity index (χ3n) is 5.07. The van der Waals surface area contributed by atoms with Crippen LogP contribution in [0.25, 0.3) is 5.57 Å². The maximum Gasteiger partial charge on any atom is 0.282 e. The maximum atomic E-state index is 13.5. The Morgan fingerprint density at radius 1 is 1.00 bits per heavy atom. The van der Waals surface area contributed by atoms with E-state index in [1.165, 1.54) is 16.2 Å². The van der Waals surface area contributed by atoms with Crippen LogP contribution in [0.2, 0.25) is 0 Å². The Kier molecular flexibility index (Phi) is 5.28. The molecule has 32 heavy (non-hydrogen) atoms. The summed E-state index contributed by atoms with van der Waals surface area (Å²) < 4.78 is 16.9. The molecule has 0 fully saturated rings. The first-order chi connectivity index (χ1) is 15.7. The Morgan fingerprint density at radius 3 is 2.59 bits per heavy atom. The second-order valence-electron chi connectivity index (χ2n) is 7.06. The molecule has 0 spiro atoms. The van der Waals surface area contributed by atoms with Gasteiger partial charge in [-0.15, -0.1) is 11.3 Å². The molecule has 0 saturated carbocycles. The van der Waals surface area contributed by atoms with Crippen LogP contribution in [0.5, 0.6) is 17.2 Å². The van der Waals surface area contributed by atoms with E-state index in [4.69, 9.17) is 14.2 Å². The number of nitrogens with zero attached hydrogens (tertiary/aromatic N) is 1. The maximum absolute atomic E-state index is 13.5. The molecule has 162 valence electrons. The lowest BCUT2D eigenvalue weighted by molar-refractivity contribution is -0.120. The fraction of sp³-hybridized carbons (Fsp3) is 0.167. The minimum absolute atomic E-state index is 0.209. The number of para-hydroxylation sites is 2. The molecule has 0 radical (unpaired) electrons. The highest BCUT2D eigenvalue weighted by Gasteiger charge is 2.41. The van der Waals surface area contributed by atoms with Crippen LogP contribution in [0, 0.1) is 0 Å². The summed E-state index contributed by atoms with van der Waals surface area (Å²) in [5, 5.41) is 5.03. The Labute approximate surface area is 188 Å². The molecule has 2 aliphatic heterocycles. The van der Waals surface area contributed by atoms with Crippen molar-refractivity contribution in [2.75, 3.05) is 30.0 Å². The Balaban J connectivity index is 1.56. The highest BCUT2D eigenvalue weighted by Crippen LogP contribution is 2.40. The van der Waals surface area contributed by atoms with Crippen LogP contribution in [0.4, 0.5) is 11.4 Å². The summed E-state index contributed by atoms with van der Waals surface area (Å²) in [4.78, 5) is 28.9. The molecule has 0 unspecified atom stereocenters. The minimum Gasteiger partial charge on any atom is -0.492 e. The molecule has 0 bridgehead atoms. The lowest BCUT2D eigenvalue weighted by Crippen LogP contribution is -2.32. The number of imide groups is 1. The molecule has 1 aromatic heterocycles. The molecule has 1 N–H and O–H groups in total. The second-order valence-corrected chi connectivity index (χ2v) is 8.00. The number of thiophene rings is 1. The van der Waals surface area contributed by atoms with Crippen LogP contribution in [0.3, 0.4) is 0 Å². The minimum atomic E-state index is -0.444. The number of carbonyl (C=O) groups excluding carboxylic acids is 2. The van der Waals surface area contributed by atoms with E-state index in [0.29, 0.717) is 58.9 Å². The van der Waals surface area contributed by atoms with Gasteiger partial charge >= 0.3 is 0 Å². The zero-order valence-electron chi connectivity index (χ0n) is 17.3. The van der Waals surface area contributed by atoms with Gasteiger partial charge in [-0.3, -0.25) is 9.59 Å². The Hall–Kier alpha value is -3.78. The van der Waals surface area contributed by atoms with Crippen molar-refractivity contribution in [3.8, 4) is 17.2 Å². The number of benzene rings is 2. The van der Waals surface area contributed by atoms with Crippen molar-refractivity contribution >= 4 is 40.1 Å². The smallest absolute Gasteiger partial charge is 0.282 e. The molecule has 3 aromatic rings. The van der Waals surface area contributed by atoms with Crippen LogP contribution >= 0.6 is 11.3 Å². The summed E-state index contributed by atoms with van der Waals surface area (Å²) in [6.45, 7) is 3.23. The van der Waals surface area contributed by atoms with Crippen molar-refractivity contribution < 1.29 is 23.8 Å². The highest BCUT2D eigenvalue weighted by atomic mass is 32.1. The summed E-state index contributed by atoms with van der Waals surface area (Å²) in [5.74, 6) is 0.873. The quantitative estimate of drug-likeness (QED) is 0.566. The Morgan fingerprint density at radius 2 is 1.81 bits per heavy atom. The van der Waals surface area contributed by atoms with E-state index < -0.39 is 11.8 Å². The van der Waals surface area contributed by atoms with E-state index in [1.807, 2.05) is 30.5 Å². The summed E-state index contributed by atoms with van der Waals surface area (Å²) >= 11 is 1.40. The number of ether oxygens (including phenoxy) is 3. The number of carbonyl (C=O) groups is 2. The molecule has 0 atom stereocenters. The van der Waals surface area contributed by atoms with Gasteiger partial charge in [0, 0.05) is 16.6 Å². The van der Waals surface area contributed by atoms with Gasteiger partial charge in [0.05, 0.1) is 17.9 Å². The molecular formula is C24H20N2O5S. The second kappa shape index (κ2) is 8.39. The normalized spacial score (nSPS) is 15.3. The number of fused-ring (bicyclic) bond motifs is 1. The van der Waals surface area contributed by atoms with Crippen LogP contribution in [0.1, 0.15) is 11.8 Å². The van der Waals surface area contributed by atoms with Crippen LogP contribution in [-0.2, 0) is 9.59 Å². The first kappa shape index (κ1) is 20.1. The zero-order chi connectivity index (χ0) is 22.1. The van der Waals surface area contributed by atoms with Gasteiger partial charge in [0.15, 0.2) is 11.5 Å². The topological polar surface area (TPSA) is 77.1 Å². The largest absolute Gasteiger partial charge is 0.492 e. The predicted molar refractivity (Wildman–Crippen MR) is 122 cm³/mol. The van der Waals surface area contributed by atoms with Crippen molar-refractivity contribution in [1.82, 2.24) is 0 Å². The number of rotatable bonds is 6. The van der Waals surface area contributed by atoms with Crippen LogP contribution in [-0.4, -0.2) is 31.6 Å². The molecule has 2 aliphatic rings. The van der Waals surface area contributed by atoms with Crippen molar-refractivity contribution in [2.24, 2.45) is 0 Å². The molecule has 7 nitrogen and oxygen atoms in total. The van der Waals surface area contributed by atoms with Gasteiger partial charge in [-0.1, -0.05) is 18.2 Å². The Bertz CT molecular complexity index is 1220. The van der Waals surface area contributed by atoms with Gasteiger partial charge in [-0.05, 0) is 42.6 Å². The van der Waals surface area contributed by atoms with Crippen LogP contribution in [0.15, 0.2) is 65.7 Å². The van der Waals surface area contributed by atoms with Gasteiger partial charge in [0.2, 0.25) is 0 Å². The predicted octanol–water partition coefficient (Wildman–Crippen LogP) is 4.31. The van der Waals surface area contributed by atoms with Crippen LogP contribution < -0.4 is 24.4 Å². The van der Waals surface area contributed by atoms with Crippen molar-refractivity contribution in [2.45, 2.75) is 6.92 Å². The molecule has 0 saturated heterocycles. The number of anilines is 2. The van der Waals surface area contributed by atoms with E-state index >= 15 is 0 Å². The fourth-order valence-electron chi connectivity index (χ4n) is 3.70. The molecule has 2 amide bonds. The first-order valence-electron chi connectivity index (χ1n) is 10.2. The third kappa shape index (κ3) is 3.48. The molecule has 3 heterocycles.